The Bertz CT molecular complexity index is 563. The van der Waals surface area contributed by atoms with Gasteiger partial charge in [-0.05, 0) is 19.1 Å². The number of aryl methyl sites for hydroxylation is 1. The Labute approximate surface area is 141 Å². The van der Waals surface area contributed by atoms with Gasteiger partial charge in [0.2, 0.25) is 5.82 Å². The van der Waals surface area contributed by atoms with Crippen LogP contribution in [-0.4, -0.2) is 22.1 Å². The average molecular weight is 369 g/mol. The molecule has 0 aliphatic rings. The highest BCUT2D eigenvalue weighted by molar-refractivity contribution is 9.10. The quantitative estimate of drug-likeness (QED) is 0.709. The molecule has 0 aliphatic carbocycles. The molecule has 22 heavy (non-hydrogen) atoms. The van der Waals surface area contributed by atoms with Crippen LogP contribution in [0.2, 0.25) is 0 Å². The molecule has 0 fully saturated rings. The molecule has 122 valence electrons. The SMILES string of the molecule is CC.CC.CCOC(=O)c1nc(-c2ccc(Br)cc2)cn1C. The van der Waals surface area contributed by atoms with E-state index >= 15 is 0 Å². The summed E-state index contributed by atoms with van der Waals surface area (Å²) in [5.41, 5.74) is 1.72. The monoisotopic (exact) mass is 368 g/mol. The van der Waals surface area contributed by atoms with E-state index in [4.69, 9.17) is 4.74 Å². The van der Waals surface area contributed by atoms with E-state index in [1.54, 1.807) is 18.5 Å². The first kappa shape index (κ1) is 20.4. The highest BCUT2D eigenvalue weighted by Crippen LogP contribution is 2.21. The van der Waals surface area contributed by atoms with Gasteiger partial charge < -0.3 is 9.30 Å². The summed E-state index contributed by atoms with van der Waals surface area (Å²) in [6, 6.07) is 7.77. The first-order valence-corrected chi connectivity index (χ1v) is 8.37. The molecule has 5 heteroatoms. The van der Waals surface area contributed by atoms with Crippen molar-refractivity contribution < 1.29 is 9.53 Å². The topological polar surface area (TPSA) is 44.1 Å². The Morgan fingerprint density at radius 3 is 2.23 bits per heavy atom. The first-order valence-electron chi connectivity index (χ1n) is 7.58. The number of carbonyl (C=O) groups is 1. The summed E-state index contributed by atoms with van der Waals surface area (Å²) in [7, 11) is 1.78. The van der Waals surface area contributed by atoms with Crippen molar-refractivity contribution in [1.82, 2.24) is 9.55 Å². The van der Waals surface area contributed by atoms with Crippen molar-refractivity contribution in [2.45, 2.75) is 34.6 Å². The Kier molecular flexibility index (Phi) is 10.2. The summed E-state index contributed by atoms with van der Waals surface area (Å²) >= 11 is 3.38. The van der Waals surface area contributed by atoms with Gasteiger partial charge in [0.1, 0.15) is 0 Å². The molecule has 0 bridgehead atoms. The highest BCUT2D eigenvalue weighted by Gasteiger charge is 2.15. The van der Waals surface area contributed by atoms with Crippen LogP contribution in [0.3, 0.4) is 0 Å². The molecule has 0 spiro atoms. The van der Waals surface area contributed by atoms with Gasteiger partial charge in [-0.25, -0.2) is 9.78 Å². The van der Waals surface area contributed by atoms with Gasteiger partial charge in [0.15, 0.2) is 0 Å². The third-order valence-electron chi connectivity index (χ3n) is 2.47. The van der Waals surface area contributed by atoms with Crippen molar-refractivity contribution in [3.63, 3.8) is 0 Å². The van der Waals surface area contributed by atoms with Gasteiger partial charge in [0.25, 0.3) is 0 Å². The predicted molar refractivity (Wildman–Crippen MR) is 95.0 cm³/mol. The largest absolute Gasteiger partial charge is 0.460 e. The standard InChI is InChI=1S/C13H13BrN2O2.2C2H6/c1-3-18-13(17)12-15-11(8-16(12)2)9-4-6-10(14)7-5-9;2*1-2/h4-8H,3H2,1-2H3;2*1-2H3. The summed E-state index contributed by atoms with van der Waals surface area (Å²) in [5, 5.41) is 0. The Morgan fingerprint density at radius 1 is 1.18 bits per heavy atom. The fraction of sp³-hybridized carbons (Fsp3) is 0.412. The molecule has 0 saturated heterocycles. The van der Waals surface area contributed by atoms with Gasteiger partial charge >= 0.3 is 5.97 Å². The molecule has 1 heterocycles. The number of rotatable bonds is 3. The minimum absolute atomic E-state index is 0.315. The number of benzene rings is 1. The van der Waals surface area contributed by atoms with Gasteiger partial charge in [0.05, 0.1) is 12.3 Å². The van der Waals surface area contributed by atoms with Crippen molar-refractivity contribution >= 4 is 21.9 Å². The molecule has 0 saturated carbocycles. The van der Waals surface area contributed by atoms with E-state index < -0.39 is 5.97 Å². The lowest BCUT2D eigenvalue weighted by atomic mass is 10.2. The molecular weight excluding hydrogens is 344 g/mol. The zero-order valence-electron chi connectivity index (χ0n) is 14.2. The van der Waals surface area contributed by atoms with Crippen molar-refractivity contribution in [3.05, 3.63) is 40.8 Å². The van der Waals surface area contributed by atoms with E-state index in [2.05, 4.69) is 20.9 Å². The van der Waals surface area contributed by atoms with E-state index in [9.17, 15) is 4.79 Å². The Morgan fingerprint density at radius 2 is 1.73 bits per heavy atom. The number of hydrogen-bond acceptors (Lipinski definition) is 3. The number of aromatic nitrogens is 2. The van der Waals surface area contributed by atoms with Crippen LogP contribution in [0.5, 0.6) is 0 Å². The van der Waals surface area contributed by atoms with E-state index in [1.807, 2.05) is 58.2 Å². The number of carbonyl (C=O) groups excluding carboxylic acids is 1. The molecule has 0 aliphatic heterocycles. The van der Waals surface area contributed by atoms with Crippen molar-refractivity contribution in [2.75, 3.05) is 6.61 Å². The number of hydrogen-bond donors (Lipinski definition) is 0. The van der Waals surface area contributed by atoms with E-state index in [-0.39, 0.29) is 0 Å². The molecule has 4 nitrogen and oxygen atoms in total. The van der Waals surface area contributed by atoms with Crippen LogP contribution >= 0.6 is 15.9 Å². The van der Waals surface area contributed by atoms with Crippen LogP contribution in [0.4, 0.5) is 0 Å². The fourth-order valence-corrected chi connectivity index (χ4v) is 1.88. The van der Waals surface area contributed by atoms with Gasteiger partial charge in [-0.1, -0.05) is 55.8 Å². The zero-order valence-corrected chi connectivity index (χ0v) is 15.8. The van der Waals surface area contributed by atoms with Crippen molar-refractivity contribution in [2.24, 2.45) is 7.05 Å². The van der Waals surface area contributed by atoms with Gasteiger partial charge in [0, 0.05) is 23.3 Å². The molecule has 2 rings (SSSR count). The number of halogens is 1. The Hall–Kier alpha value is -1.62. The van der Waals surface area contributed by atoms with Crippen LogP contribution in [0.15, 0.2) is 34.9 Å². The van der Waals surface area contributed by atoms with Gasteiger partial charge in [-0.15, -0.1) is 0 Å². The minimum Gasteiger partial charge on any atom is -0.460 e. The van der Waals surface area contributed by atoms with E-state index in [0.29, 0.717) is 12.4 Å². The predicted octanol–water partition coefficient (Wildman–Crippen LogP) is 5.08. The third kappa shape index (κ3) is 5.64. The van der Waals surface area contributed by atoms with Crippen LogP contribution in [0.1, 0.15) is 45.2 Å². The molecule has 0 radical (unpaired) electrons. The third-order valence-corrected chi connectivity index (χ3v) is 3.00. The maximum absolute atomic E-state index is 11.7. The summed E-state index contributed by atoms with van der Waals surface area (Å²) in [6.07, 6.45) is 1.81. The Balaban J connectivity index is 0.00000102. The van der Waals surface area contributed by atoms with Crippen molar-refractivity contribution in [3.8, 4) is 11.3 Å². The highest BCUT2D eigenvalue weighted by atomic mass is 79.9. The number of nitrogens with zero attached hydrogens (tertiary/aromatic N) is 2. The minimum atomic E-state index is -0.400. The number of esters is 1. The van der Waals surface area contributed by atoms with E-state index in [0.717, 1.165) is 15.7 Å². The summed E-state index contributed by atoms with van der Waals surface area (Å²) in [6.45, 7) is 10.1. The van der Waals surface area contributed by atoms with Crippen molar-refractivity contribution in [1.29, 1.82) is 0 Å². The fourth-order valence-electron chi connectivity index (χ4n) is 1.61. The average Bonchev–Trinajstić information content (AvgIpc) is 2.94. The second-order valence-electron chi connectivity index (χ2n) is 3.79. The summed E-state index contributed by atoms with van der Waals surface area (Å²) < 4.78 is 7.63. The van der Waals surface area contributed by atoms with Crippen LogP contribution in [0.25, 0.3) is 11.3 Å². The zero-order chi connectivity index (χ0) is 17.1. The molecule has 0 atom stereocenters. The number of ether oxygens (including phenoxy) is 1. The molecule has 1 aromatic heterocycles. The van der Waals surface area contributed by atoms with Gasteiger partial charge in [-0.3, -0.25) is 0 Å². The lowest BCUT2D eigenvalue weighted by Gasteiger charge is -1.99. The number of imidazole rings is 1. The second kappa shape index (κ2) is 11.0. The van der Waals surface area contributed by atoms with Crippen LogP contribution in [-0.2, 0) is 11.8 Å². The second-order valence-corrected chi connectivity index (χ2v) is 4.70. The molecule has 0 N–H and O–H groups in total. The molecule has 1 aromatic carbocycles. The molecule has 0 amide bonds. The first-order chi connectivity index (χ1) is 10.6. The smallest absolute Gasteiger partial charge is 0.374 e. The summed E-state index contributed by atoms with van der Waals surface area (Å²) in [5.74, 6) is -0.0851. The van der Waals surface area contributed by atoms with E-state index in [1.165, 1.54) is 0 Å². The van der Waals surface area contributed by atoms with Crippen LogP contribution in [0, 0.1) is 0 Å². The maximum Gasteiger partial charge on any atom is 0.374 e. The molecule has 2 aromatic rings. The molecule has 0 unspecified atom stereocenters. The summed E-state index contributed by atoms with van der Waals surface area (Å²) in [4.78, 5) is 16.0. The normalized spacial score (nSPS) is 9.05. The van der Waals surface area contributed by atoms with Crippen LogP contribution < -0.4 is 0 Å². The lowest BCUT2D eigenvalue weighted by Crippen LogP contribution is -2.10. The lowest BCUT2D eigenvalue weighted by molar-refractivity contribution is 0.0508. The maximum atomic E-state index is 11.7. The molecular formula is C17H25BrN2O2. The van der Waals surface area contributed by atoms with Gasteiger partial charge in [-0.2, -0.15) is 0 Å².